The van der Waals surface area contributed by atoms with E-state index >= 15 is 0 Å². The van der Waals surface area contributed by atoms with Crippen LogP contribution >= 0.6 is 11.6 Å². The lowest BCUT2D eigenvalue weighted by Gasteiger charge is -2.42. The summed E-state index contributed by atoms with van der Waals surface area (Å²) in [6, 6.07) is 15.1. The zero-order valence-electron chi connectivity index (χ0n) is 21.1. The number of sulfonamides is 1. The molecule has 0 unspecified atom stereocenters. The number of halogens is 2. The number of rotatable bonds is 5. The van der Waals surface area contributed by atoms with E-state index in [1.807, 2.05) is 30.0 Å². The van der Waals surface area contributed by atoms with Gasteiger partial charge >= 0.3 is 0 Å². The molecule has 2 aliphatic rings. The molecule has 0 N–H and O–H groups in total. The van der Waals surface area contributed by atoms with Gasteiger partial charge in [0.05, 0.1) is 5.92 Å². The third-order valence-corrected chi connectivity index (χ3v) is 9.65. The number of aromatic nitrogens is 1. The molecule has 2 atom stereocenters. The molecule has 5 rings (SSSR count). The molecule has 3 aromatic rings. The summed E-state index contributed by atoms with van der Waals surface area (Å²) in [6.45, 7) is 4.71. The molecule has 1 aromatic heterocycles. The maximum Gasteiger partial charge on any atom is 0.244 e. The number of carbonyl (C=O) groups excluding carboxylic acids is 1. The summed E-state index contributed by atoms with van der Waals surface area (Å²) in [4.78, 5) is 22.1. The molecule has 0 bridgehead atoms. The van der Waals surface area contributed by atoms with E-state index in [-0.39, 0.29) is 35.6 Å². The zero-order chi connectivity index (χ0) is 26.9. The summed E-state index contributed by atoms with van der Waals surface area (Å²) < 4.78 is 41.8. The molecule has 0 spiro atoms. The van der Waals surface area contributed by atoms with E-state index in [4.69, 9.17) is 11.6 Å². The van der Waals surface area contributed by atoms with Crippen LogP contribution in [0.4, 0.5) is 10.1 Å². The third kappa shape index (κ3) is 5.41. The molecule has 10 heteroatoms. The number of aryl methyl sites for hydroxylation is 1. The maximum atomic E-state index is 14.0. The van der Waals surface area contributed by atoms with Gasteiger partial charge in [0.15, 0.2) is 0 Å². The van der Waals surface area contributed by atoms with Crippen LogP contribution < -0.4 is 4.90 Å². The molecule has 2 aromatic carbocycles. The lowest BCUT2D eigenvalue weighted by molar-refractivity contribution is -0.137. The molecule has 38 heavy (non-hydrogen) atoms. The number of nitrogens with zero attached hydrogens (tertiary/aromatic N) is 4. The van der Waals surface area contributed by atoms with Crippen molar-refractivity contribution in [2.45, 2.75) is 24.2 Å². The summed E-state index contributed by atoms with van der Waals surface area (Å²) in [7, 11) is -3.81. The van der Waals surface area contributed by atoms with Crippen molar-refractivity contribution in [2.75, 3.05) is 44.2 Å². The monoisotopic (exact) mass is 556 g/mol. The Bertz CT molecular complexity index is 1400. The summed E-state index contributed by atoms with van der Waals surface area (Å²) in [5.41, 5.74) is 3.02. The summed E-state index contributed by atoms with van der Waals surface area (Å²) in [6.07, 6.45) is 3.31. The van der Waals surface area contributed by atoms with E-state index in [9.17, 15) is 17.6 Å². The Morgan fingerprint density at radius 3 is 2.45 bits per heavy atom. The van der Waals surface area contributed by atoms with E-state index in [1.165, 1.54) is 34.9 Å². The van der Waals surface area contributed by atoms with Gasteiger partial charge in [0.1, 0.15) is 10.7 Å². The van der Waals surface area contributed by atoms with Crippen molar-refractivity contribution in [3.8, 4) is 0 Å². The number of hydrogen-bond acceptors (Lipinski definition) is 5. The van der Waals surface area contributed by atoms with Gasteiger partial charge in [0.2, 0.25) is 15.9 Å². The lowest BCUT2D eigenvalue weighted by atomic mass is 9.80. The molecule has 0 aliphatic carbocycles. The smallest absolute Gasteiger partial charge is 0.244 e. The number of piperazine rings is 1. The van der Waals surface area contributed by atoms with Crippen molar-refractivity contribution < 1.29 is 17.6 Å². The third-order valence-electron chi connectivity index (χ3n) is 7.57. The normalized spacial score (nSPS) is 20.9. The second kappa shape index (κ2) is 11.0. The zero-order valence-corrected chi connectivity index (χ0v) is 22.7. The van der Waals surface area contributed by atoms with Gasteiger partial charge in [0.25, 0.3) is 0 Å². The molecular weight excluding hydrogens is 527 g/mol. The van der Waals surface area contributed by atoms with Gasteiger partial charge in [-0.25, -0.2) is 12.8 Å². The number of pyridine rings is 1. The van der Waals surface area contributed by atoms with Crippen molar-refractivity contribution >= 4 is 33.2 Å². The first-order chi connectivity index (χ1) is 18.2. The number of piperidine rings is 1. The molecule has 2 aliphatic heterocycles. The fraction of sp³-hybridized carbons (Fsp3) is 0.357. The Kier molecular flexibility index (Phi) is 7.70. The van der Waals surface area contributed by atoms with Crippen LogP contribution in [-0.2, 0) is 14.8 Å². The average molecular weight is 557 g/mol. The minimum atomic E-state index is -3.81. The van der Waals surface area contributed by atoms with Crippen LogP contribution in [0.5, 0.6) is 0 Å². The highest BCUT2D eigenvalue weighted by molar-refractivity contribution is 7.89. The first kappa shape index (κ1) is 26.6. The number of carbonyl (C=O) groups is 1. The molecule has 0 radical (unpaired) electrons. The Morgan fingerprint density at radius 2 is 1.76 bits per heavy atom. The number of amides is 1. The minimum absolute atomic E-state index is 0.0612. The van der Waals surface area contributed by atoms with Crippen LogP contribution in [0.3, 0.4) is 0 Å². The van der Waals surface area contributed by atoms with Gasteiger partial charge in [0, 0.05) is 62.4 Å². The fourth-order valence-corrected chi connectivity index (χ4v) is 7.09. The van der Waals surface area contributed by atoms with Gasteiger partial charge in [-0.2, -0.15) is 4.31 Å². The second-order valence-electron chi connectivity index (χ2n) is 9.85. The van der Waals surface area contributed by atoms with Crippen molar-refractivity contribution in [3.63, 3.8) is 0 Å². The summed E-state index contributed by atoms with van der Waals surface area (Å²) in [5.74, 6) is -1.22. The van der Waals surface area contributed by atoms with E-state index < -0.39 is 15.9 Å². The van der Waals surface area contributed by atoms with Gasteiger partial charge in [-0.15, -0.1) is 0 Å². The first-order valence-electron chi connectivity index (χ1n) is 12.7. The second-order valence-corrected chi connectivity index (χ2v) is 12.2. The Morgan fingerprint density at radius 1 is 1.03 bits per heavy atom. The fourth-order valence-electron chi connectivity index (χ4n) is 5.47. The molecule has 7 nitrogen and oxygen atoms in total. The van der Waals surface area contributed by atoms with Crippen molar-refractivity contribution in [2.24, 2.45) is 5.92 Å². The van der Waals surface area contributed by atoms with Crippen LogP contribution in [0, 0.1) is 18.7 Å². The van der Waals surface area contributed by atoms with Crippen molar-refractivity contribution in [3.05, 3.63) is 89.0 Å². The largest absolute Gasteiger partial charge is 0.368 e. The molecule has 0 saturated carbocycles. The van der Waals surface area contributed by atoms with Gasteiger partial charge in [-0.1, -0.05) is 29.8 Å². The van der Waals surface area contributed by atoms with E-state index in [1.54, 1.807) is 18.2 Å². The van der Waals surface area contributed by atoms with Crippen molar-refractivity contribution in [1.82, 2.24) is 14.2 Å². The van der Waals surface area contributed by atoms with Crippen LogP contribution in [0.15, 0.2) is 71.9 Å². The van der Waals surface area contributed by atoms with Crippen LogP contribution in [0.1, 0.15) is 23.5 Å². The van der Waals surface area contributed by atoms with E-state index in [2.05, 4.69) is 9.88 Å². The minimum Gasteiger partial charge on any atom is -0.368 e. The average Bonchev–Trinajstić information content (AvgIpc) is 2.94. The molecule has 2 saturated heterocycles. The molecular formula is C28H30ClFN4O3S. The topological polar surface area (TPSA) is 73.8 Å². The quantitative estimate of drug-likeness (QED) is 0.468. The van der Waals surface area contributed by atoms with Gasteiger partial charge in [-0.05, 0) is 66.8 Å². The van der Waals surface area contributed by atoms with Crippen LogP contribution in [0.2, 0.25) is 5.02 Å². The molecule has 200 valence electrons. The number of hydrogen-bond donors (Lipinski definition) is 0. The number of anilines is 1. The van der Waals surface area contributed by atoms with Crippen LogP contribution in [0.25, 0.3) is 0 Å². The van der Waals surface area contributed by atoms with Gasteiger partial charge in [-0.3, -0.25) is 9.78 Å². The molecule has 1 amide bonds. The standard InChI is InChI=1S/C28H30ClFN4O3S/c1-20-4-7-22(29)17-27(20)32-13-15-33(16-14-32)28(35)26-19-34(38(36,37)24-3-2-11-31-18-24)12-10-25(26)21-5-8-23(30)9-6-21/h2-9,11,17-18,25-26H,10,12-16,19H2,1H3/t25-,26+/m0/s1. The highest BCUT2D eigenvalue weighted by atomic mass is 35.5. The molecule has 2 fully saturated rings. The summed E-state index contributed by atoms with van der Waals surface area (Å²) >= 11 is 6.22. The highest BCUT2D eigenvalue weighted by Crippen LogP contribution is 2.37. The van der Waals surface area contributed by atoms with Crippen molar-refractivity contribution in [1.29, 1.82) is 0 Å². The van der Waals surface area contributed by atoms with E-state index in [0.717, 1.165) is 16.8 Å². The Balaban J connectivity index is 1.37. The van der Waals surface area contributed by atoms with Crippen LogP contribution in [-0.4, -0.2) is 67.8 Å². The Labute approximate surface area is 227 Å². The summed E-state index contributed by atoms with van der Waals surface area (Å²) in [5, 5.41) is 0.670. The molecule has 3 heterocycles. The Hall–Kier alpha value is -3.01. The predicted octanol–water partition coefficient (Wildman–Crippen LogP) is 4.33. The maximum absolute atomic E-state index is 14.0. The first-order valence-corrected chi connectivity index (χ1v) is 14.5. The SMILES string of the molecule is Cc1ccc(Cl)cc1N1CCN(C(=O)[C@@H]2CN(S(=O)(=O)c3cccnc3)CC[C@H]2c2ccc(F)cc2)CC1. The number of benzene rings is 2. The van der Waals surface area contributed by atoms with Gasteiger partial charge < -0.3 is 9.80 Å². The lowest BCUT2D eigenvalue weighted by Crippen LogP contribution is -2.54. The highest BCUT2D eigenvalue weighted by Gasteiger charge is 2.42. The predicted molar refractivity (Wildman–Crippen MR) is 145 cm³/mol. The van der Waals surface area contributed by atoms with E-state index in [0.29, 0.717) is 37.6 Å².